The molecule has 1 atom stereocenters. The summed E-state index contributed by atoms with van der Waals surface area (Å²) >= 11 is 0. The van der Waals surface area contributed by atoms with Crippen molar-refractivity contribution in [2.75, 3.05) is 0 Å². The van der Waals surface area contributed by atoms with E-state index in [4.69, 9.17) is 4.74 Å². The Labute approximate surface area is 125 Å². The van der Waals surface area contributed by atoms with E-state index in [9.17, 15) is 10.1 Å². The van der Waals surface area contributed by atoms with E-state index in [1.54, 1.807) is 18.5 Å². The monoisotopic (exact) mass is 284 g/mol. The molecule has 0 radical (unpaired) electrons. The third-order valence-electron chi connectivity index (χ3n) is 3.91. The van der Waals surface area contributed by atoms with Gasteiger partial charge in [-0.05, 0) is 24.1 Å². The Morgan fingerprint density at radius 2 is 2.10 bits per heavy atom. The van der Waals surface area contributed by atoms with E-state index in [1.165, 1.54) is 0 Å². The SMILES string of the molecule is CC.CC1(C)CC2(C=C(C#N)C1=O)OCc1cnccc12. The van der Waals surface area contributed by atoms with Crippen molar-refractivity contribution in [3.8, 4) is 6.07 Å². The number of ketones is 1. The number of hydrogen-bond donors (Lipinski definition) is 0. The first-order chi connectivity index (χ1) is 9.98. The van der Waals surface area contributed by atoms with Crippen molar-refractivity contribution in [1.29, 1.82) is 5.26 Å². The lowest BCUT2D eigenvalue weighted by atomic mass is 9.68. The Kier molecular flexibility index (Phi) is 3.97. The lowest BCUT2D eigenvalue weighted by Crippen LogP contribution is -2.40. The topological polar surface area (TPSA) is 63.0 Å². The number of carbonyl (C=O) groups excluding carboxylic acids is 1. The molecule has 2 aliphatic rings. The molecule has 0 bridgehead atoms. The van der Waals surface area contributed by atoms with Gasteiger partial charge in [0.2, 0.25) is 0 Å². The summed E-state index contributed by atoms with van der Waals surface area (Å²) in [5.74, 6) is -0.105. The van der Waals surface area contributed by atoms with Crippen LogP contribution in [0.5, 0.6) is 0 Å². The van der Waals surface area contributed by atoms with Gasteiger partial charge in [0.1, 0.15) is 11.7 Å². The first kappa shape index (κ1) is 15.4. The van der Waals surface area contributed by atoms with Crippen molar-refractivity contribution < 1.29 is 9.53 Å². The Balaban J connectivity index is 0.000000774. The zero-order valence-electron chi connectivity index (χ0n) is 12.9. The molecule has 1 aromatic rings. The maximum atomic E-state index is 12.2. The summed E-state index contributed by atoms with van der Waals surface area (Å²) in [4.78, 5) is 16.3. The summed E-state index contributed by atoms with van der Waals surface area (Å²) in [5.41, 5.74) is 1.00. The van der Waals surface area contributed by atoms with Gasteiger partial charge in [0, 0.05) is 23.4 Å². The number of nitrogens with zero attached hydrogens (tertiary/aromatic N) is 2. The summed E-state index contributed by atoms with van der Waals surface area (Å²) in [6, 6.07) is 3.92. The first-order valence-corrected chi connectivity index (χ1v) is 7.24. The minimum absolute atomic E-state index is 0.105. The highest BCUT2D eigenvalue weighted by Gasteiger charge is 2.49. The second-order valence-corrected chi connectivity index (χ2v) is 5.77. The molecule has 1 spiro atoms. The normalized spacial score (nSPS) is 25.5. The van der Waals surface area contributed by atoms with Gasteiger partial charge >= 0.3 is 0 Å². The van der Waals surface area contributed by atoms with Crippen LogP contribution in [0.25, 0.3) is 0 Å². The smallest absolute Gasteiger partial charge is 0.178 e. The predicted molar refractivity (Wildman–Crippen MR) is 79.2 cm³/mol. The van der Waals surface area contributed by atoms with Crippen LogP contribution in [0.3, 0.4) is 0 Å². The number of allylic oxidation sites excluding steroid dienone is 1. The first-order valence-electron chi connectivity index (χ1n) is 7.24. The largest absolute Gasteiger partial charge is 0.361 e. The summed E-state index contributed by atoms with van der Waals surface area (Å²) in [7, 11) is 0. The molecule has 1 aliphatic carbocycles. The fourth-order valence-electron chi connectivity index (χ4n) is 3.04. The highest BCUT2D eigenvalue weighted by Crippen LogP contribution is 2.49. The van der Waals surface area contributed by atoms with Crippen molar-refractivity contribution in [2.45, 2.75) is 46.3 Å². The number of aromatic nitrogens is 1. The van der Waals surface area contributed by atoms with Crippen molar-refractivity contribution in [2.24, 2.45) is 5.41 Å². The molecule has 1 unspecified atom stereocenters. The molecule has 4 nitrogen and oxygen atoms in total. The van der Waals surface area contributed by atoms with Gasteiger partial charge in [0.15, 0.2) is 5.78 Å². The highest BCUT2D eigenvalue weighted by molar-refractivity contribution is 6.04. The number of fused-ring (bicyclic) bond motifs is 2. The number of ether oxygens (including phenoxy) is 1. The number of pyridine rings is 1. The second kappa shape index (κ2) is 5.42. The summed E-state index contributed by atoms with van der Waals surface area (Å²) in [5, 5.41) is 9.18. The molecule has 1 aliphatic heterocycles. The number of hydrogen-bond acceptors (Lipinski definition) is 4. The summed E-state index contributed by atoms with van der Waals surface area (Å²) in [6.45, 7) is 8.20. The maximum Gasteiger partial charge on any atom is 0.178 e. The van der Waals surface area contributed by atoms with Gasteiger partial charge in [-0.15, -0.1) is 0 Å². The number of carbonyl (C=O) groups is 1. The molecule has 0 N–H and O–H groups in total. The minimum Gasteiger partial charge on any atom is -0.361 e. The van der Waals surface area contributed by atoms with E-state index >= 15 is 0 Å². The van der Waals surface area contributed by atoms with E-state index in [1.807, 2.05) is 39.8 Å². The summed E-state index contributed by atoms with van der Waals surface area (Å²) < 4.78 is 5.95. The molecule has 0 amide bonds. The third kappa shape index (κ3) is 2.38. The average Bonchev–Trinajstić information content (AvgIpc) is 2.84. The van der Waals surface area contributed by atoms with Crippen molar-refractivity contribution in [1.82, 2.24) is 4.98 Å². The number of nitriles is 1. The van der Waals surface area contributed by atoms with Gasteiger partial charge in [0.05, 0.1) is 12.2 Å². The maximum absolute atomic E-state index is 12.2. The van der Waals surface area contributed by atoms with Gasteiger partial charge in [-0.2, -0.15) is 5.26 Å². The van der Waals surface area contributed by atoms with Crippen molar-refractivity contribution >= 4 is 5.78 Å². The Morgan fingerprint density at radius 1 is 1.38 bits per heavy atom. The zero-order valence-corrected chi connectivity index (χ0v) is 12.9. The lowest BCUT2D eigenvalue weighted by Gasteiger charge is -2.38. The molecule has 110 valence electrons. The molecular formula is C17H20N2O2. The summed E-state index contributed by atoms with van der Waals surface area (Å²) in [6.07, 6.45) is 5.75. The molecular weight excluding hydrogens is 264 g/mol. The van der Waals surface area contributed by atoms with Gasteiger partial charge < -0.3 is 4.74 Å². The molecule has 0 fully saturated rings. The Bertz CT molecular complexity index is 640. The van der Waals surface area contributed by atoms with Crippen LogP contribution in [0.4, 0.5) is 0 Å². The molecule has 21 heavy (non-hydrogen) atoms. The fourth-order valence-corrected chi connectivity index (χ4v) is 3.04. The molecule has 0 aromatic carbocycles. The van der Waals surface area contributed by atoms with Gasteiger partial charge in [-0.1, -0.05) is 27.7 Å². The fraction of sp³-hybridized carbons (Fsp3) is 0.471. The molecule has 3 rings (SSSR count). The molecule has 0 saturated carbocycles. The quantitative estimate of drug-likeness (QED) is 0.733. The van der Waals surface area contributed by atoms with E-state index < -0.39 is 11.0 Å². The van der Waals surface area contributed by atoms with E-state index in [0.717, 1.165) is 11.1 Å². The Morgan fingerprint density at radius 3 is 2.76 bits per heavy atom. The van der Waals surface area contributed by atoms with Crippen LogP contribution in [-0.2, 0) is 21.7 Å². The third-order valence-corrected chi connectivity index (χ3v) is 3.91. The van der Waals surface area contributed by atoms with Crippen LogP contribution in [0.15, 0.2) is 30.1 Å². The predicted octanol–water partition coefficient (Wildman–Crippen LogP) is 3.28. The van der Waals surface area contributed by atoms with Crippen LogP contribution in [0.1, 0.15) is 45.2 Å². The van der Waals surface area contributed by atoms with E-state index in [0.29, 0.717) is 13.0 Å². The van der Waals surface area contributed by atoms with Crippen LogP contribution >= 0.6 is 0 Å². The van der Waals surface area contributed by atoms with Gasteiger partial charge in [0.25, 0.3) is 0 Å². The average molecular weight is 284 g/mol. The standard InChI is InChI=1S/C15H14N2O2.C2H6/c1-14(2)9-15(5-10(6-16)13(14)18)12-3-4-17-7-11(12)8-19-15;1-2/h3-5,7H,8-9H2,1-2H3;1-2H3. The zero-order chi connectivity index (χ0) is 15.7. The van der Waals surface area contributed by atoms with E-state index in [2.05, 4.69) is 4.98 Å². The van der Waals surface area contributed by atoms with Crippen LogP contribution < -0.4 is 0 Å². The molecule has 4 heteroatoms. The lowest BCUT2D eigenvalue weighted by molar-refractivity contribution is -0.129. The van der Waals surface area contributed by atoms with Crippen molar-refractivity contribution in [3.05, 3.63) is 41.2 Å². The van der Waals surface area contributed by atoms with Crippen LogP contribution in [-0.4, -0.2) is 10.8 Å². The van der Waals surface area contributed by atoms with Crippen LogP contribution in [0, 0.1) is 16.7 Å². The van der Waals surface area contributed by atoms with Crippen molar-refractivity contribution in [3.63, 3.8) is 0 Å². The van der Waals surface area contributed by atoms with Gasteiger partial charge in [-0.25, -0.2) is 0 Å². The minimum atomic E-state index is -0.652. The van der Waals surface area contributed by atoms with Gasteiger partial charge in [-0.3, -0.25) is 9.78 Å². The molecule has 1 aromatic heterocycles. The second-order valence-electron chi connectivity index (χ2n) is 5.77. The Hall–Kier alpha value is -1.99. The van der Waals surface area contributed by atoms with Crippen LogP contribution in [0.2, 0.25) is 0 Å². The highest BCUT2D eigenvalue weighted by atomic mass is 16.5. The number of rotatable bonds is 0. The number of Topliss-reactive ketones (excluding diaryl/α,β-unsaturated/α-hetero) is 1. The molecule has 2 heterocycles. The molecule has 0 saturated heterocycles. The van der Waals surface area contributed by atoms with E-state index in [-0.39, 0.29) is 11.4 Å².